The Hall–Kier alpha value is -1.51. The highest BCUT2D eigenvalue weighted by atomic mass is 16.4. The van der Waals surface area contributed by atoms with E-state index < -0.39 is 5.97 Å². The summed E-state index contributed by atoms with van der Waals surface area (Å²) in [6.07, 6.45) is 4.09. The maximum absolute atomic E-state index is 10.7. The zero-order valence-corrected chi connectivity index (χ0v) is 10.9. The summed E-state index contributed by atoms with van der Waals surface area (Å²) < 4.78 is 0. The largest absolute Gasteiger partial charge is 0.481 e. The minimum Gasteiger partial charge on any atom is -0.481 e. The molecule has 3 nitrogen and oxygen atoms in total. The van der Waals surface area contributed by atoms with Crippen LogP contribution in [0, 0.1) is 12.8 Å². The van der Waals surface area contributed by atoms with Crippen molar-refractivity contribution in [3.63, 3.8) is 0 Å². The van der Waals surface area contributed by atoms with Crippen molar-refractivity contribution < 1.29 is 9.90 Å². The summed E-state index contributed by atoms with van der Waals surface area (Å²) in [7, 11) is 0. The Balaban J connectivity index is 2.01. The molecule has 0 unspecified atom stereocenters. The molecule has 2 rings (SSSR count). The smallest absolute Gasteiger partial charge is 0.305 e. The van der Waals surface area contributed by atoms with Gasteiger partial charge in [0, 0.05) is 18.8 Å². The fourth-order valence-corrected chi connectivity index (χ4v) is 2.25. The van der Waals surface area contributed by atoms with Gasteiger partial charge in [0.2, 0.25) is 0 Å². The van der Waals surface area contributed by atoms with E-state index in [4.69, 9.17) is 5.11 Å². The predicted molar refractivity (Wildman–Crippen MR) is 73.0 cm³/mol. The predicted octanol–water partition coefficient (Wildman–Crippen LogP) is 3.08. The van der Waals surface area contributed by atoms with Crippen LogP contribution in [-0.4, -0.2) is 24.2 Å². The first kappa shape index (κ1) is 12.9. The van der Waals surface area contributed by atoms with Gasteiger partial charge in [0.15, 0.2) is 0 Å². The molecule has 0 aliphatic heterocycles. The highest BCUT2D eigenvalue weighted by Crippen LogP contribution is 2.33. The molecule has 98 valence electrons. The van der Waals surface area contributed by atoms with Gasteiger partial charge >= 0.3 is 5.97 Å². The summed E-state index contributed by atoms with van der Waals surface area (Å²) >= 11 is 0. The molecule has 0 radical (unpaired) electrons. The van der Waals surface area contributed by atoms with Gasteiger partial charge in [-0.15, -0.1) is 0 Å². The first-order valence-electron chi connectivity index (χ1n) is 6.69. The zero-order chi connectivity index (χ0) is 13.0. The molecule has 1 aromatic rings. The number of benzene rings is 1. The second-order valence-electron chi connectivity index (χ2n) is 5.15. The summed E-state index contributed by atoms with van der Waals surface area (Å²) in [6, 6.07) is 8.21. The minimum absolute atomic E-state index is 0.207. The average Bonchev–Trinajstić information content (AvgIpc) is 3.14. The summed E-state index contributed by atoms with van der Waals surface area (Å²) in [5, 5.41) is 8.84. The number of nitrogens with zero attached hydrogens (tertiary/aromatic N) is 1. The first-order valence-corrected chi connectivity index (χ1v) is 6.69. The number of anilines is 1. The highest BCUT2D eigenvalue weighted by Gasteiger charge is 2.22. The second-order valence-corrected chi connectivity index (χ2v) is 5.15. The number of hydrogen-bond donors (Lipinski definition) is 1. The van der Waals surface area contributed by atoms with Crippen molar-refractivity contribution in [1.82, 2.24) is 0 Å². The number of aryl methyl sites for hydroxylation is 1. The van der Waals surface area contributed by atoms with E-state index in [9.17, 15) is 4.79 Å². The Morgan fingerprint density at radius 2 is 2.06 bits per heavy atom. The summed E-state index contributed by atoms with van der Waals surface area (Å²) in [5.74, 6) is 0.154. The van der Waals surface area contributed by atoms with Crippen molar-refractivity contribution in [3.05, 3.63) is 29.8 Å². The molecule has 1 fully saturated rings. The third-order valence-corrected chi connectivity index (χ3v) is 3.56. The third-order valence-electron chi connectivity index (χ3n) is 3.56. The summed E-state index contributed by atoms with van der Waals surface area (Å²) in [4.78, 5) is 13.0. The lowest BCUT2D eigenvalue weighted by Gasteiger charge is -2.26. The SMILES string of the molecule is Cc1ccccc1N(CCC(=O)O)CCC1CC1. The first-order chi connectivity index (χ1) is 8.66. The topological polar surface area (TPSA) is 40.5 Å². The van der Waals surface area contributed by atoms with Crippen molar-refractivity contribution in [1.29, 1.82) is 0 Å². The Morgan fingerprint density at radius 3 is 2.67 bits per heavy atom. The van der Waals surface area contributed by atoms with Crippen LogP contribution in [-0.2, 0) is 4.79 Å². The van der Waals surface area contributed by atoms with Crippen LogP contribution in [0.15, 0.2) is 24.3 Å². The van der Waals surface area contributed by atoms with Gasteiger partial charge in [0.25, 0.3) is 0 Å². The third kappa shape index (κ3) is 3.76. The van der Waals surface area contributed by atoms with E-state index in [0.717, 1.165) is 12.5 Å². The monoisotopic (exact) mass is 247 g/mol. The van der Waals surface area contributed by atoms with Crippen LogP contribution < -0.4 is 4.90 Å². The molecule has 18 heavy (non-hydrogen) atoms. The minimum atomic E-state index is -0.722. The number of carbonyl (C=O) groups is 1. The molecule has 3 heteroatoms. The van der Waals surface area contributed by atoms with E-state index in [1.54, 1.807) is 0 Å². The summed E-state index contributed by atoms with van der Waals surface area (Å²) in [6.45, 7) is 3.66. The summed E-state index contributed by atoms with van der Waals surface area (Å²) in [5.41, 5.74) is 2.40. The molecule has 1 aliphatic carbocycles. The normalized spacial score (nSPS) is 14.5. The quantitative estimate of drug-likeness (QED) is 0.805. The van der Waals surface area contributed by atoms with E-state index in [1.165, 1.54) is 30.5 Å². The lowest BCUT2D eigenvalue weighted by atomic mass is 10.1. The van der Waals surface area contributed by atoms with E-state index in [-0.39, 0.29) is 6.42 Å². The van der Waals surface area contributed by atoms with Crippen molar-refractivity contribution in [2.75, 3.05) is 18.0 Å². The maximum Gasteiger partial charge on any atom is 0.305 e. The van der Waals surface area contributed by atoms with Crippen LogP contribution in [0.3, 0.4) is 0 Å². The van der Waals surface area contributed by atoms with Crippen molar-refractivity contribution in [3.8, 4) is 0 Å². The molecule has 1 saturated carbocycles. The van der Waals surface area contributed by atoms with Crippen molar-refractivity contribution >= 4 is 11.7 Å². The van der Waals surface area contributed by atoms with Gasteiger partial charge < -0.3 is 10.0 Å². The molecule has 0 amide bonds. The number of hydrogen-bond acceptors (Lipinski definition) is 2. The second kappa shape index (κ2) is 5.89. The van der Waals surface area contributed by atoms with E-state index >= 15 is 0 Å². The number of carboxylic acids is 1. The molecular weight excluding hydrogens is 226 g/mol. The number of carboxylic acid groups (broad SMARTS) is 1. The van der Waals surface area contributed by atoms with Crippen LogP contribution in [0.4, 0.5) is 5.69 Å². The average molecular weight is 247 g/mol. The zero-order valence-electron chi connectivity index (χ0n) is 10.9. The highest BCUT2D eigenvalue weighted by molar-refractivity contribution is 5.68. The van der Waals surface area contributed by atoms with Crippen LogP contribution in [0.1, 0.15) is 31.2 Å². The number of para-hydroxylation sites is 1. The molecule has 0 atom stereocenters. The molecule has 1 N–H and O–H groups in total. The van der Waals surface area contributed by atoms with Crippen LogP contribution in [0.2, 0.25) is 0 Å². The fraction of sp³-hybridized carbons (Fsp3) is 0.533. The molecular formula is C15H21NO2. The lowest BCUT2D eigenvalue weighted by Crippen LogP contribution is -2.28. The molecule has 0 bridgehead atoms. The van der Waals surface area contributed by atoms with Crippen LogP contribution >= 0.6 is 0 Å². The Bertz CT molecular complexity index is 413. The van der Waals surface area contributed by atoms with Gasteiger partial charge in [-0.05, 0) is 30.9 Å². The van der Waals surface area contributed by atoms with Crippen LogP contribution in [0.25, 0.3) is 0 Å². The van der Waals surface area contributed by atoms with Gasteiger partial charge in [0.05, 0.1) is 6.42 Å². The van der Waals surface area contributed by atoms with Crippen molar-refractivity contribution in [2.24, 2.45) is 5.92 Å². The number of rotatable bonds is 7. The molecule has 0 saturated heterocycles. The molecule has 0 aromatic heterocycles. The van der Waals surface area contributed by atoms with Gasteiger partial charge in [-0.1, -0.05) is 31.0 Å². The van der Waals surface area contributed by atoms with E-state index in [2.05, 4.69) is 24.0 Å². The molecule has 1 aliphatic rings. The van der Waals surface area contributed by atoms with Gasteiger partial charge in [0.1, 0.15) is 0 Å². The maximum atomic E-state index is 10.7. The Kier molecular flexibility index (Phi) is 4.24. The lowest BCUT2D eigenvalue weighted by molar-refractivity contribution is -0.136. The van der Waals surface area contributed by atoms with E-state index in [1.807, 2.05) is 12.1 Å². The fourth-order valence-electron chi connectivity index (χ4n) is 2.25. The van der Waals surface area contributed by atoms with Crippen LogP contribution in [0.5, 0.6) is 0 Å². The van der Waals surface area contributed by atoms with Gasteiger partial charge in [-0.3, -0.25) is 4.79 Å². The van der Waals surface area contributed by atoms with E-state index in [0.29, 0.717) is 6.54 Å². The van der Waals surface area contributed by atoms with Crippen molar-refractivity contribution in [2.45, 2.75) is 32.6 Å². The molecule has 0 spiro atoms. The van der Waals surface area contributed by atoms with Gasteiger partial charge in [-0.2, -0.15) is 0 Å². The Morgan fingerprint density at radius 1 is 1.33 bits per heavy atom. The standard InChI is InChI=1S/C15H21NO2/c1-12-4-2-3-5-14(12)16(11-9-15(17)18)10-8-13-6-7-13/h2-5,13H,6-11H2,1H3,(H,17,18). The number of aliphatic carboxylic acids is 1. The molecule has 1 aromatic carbocycles. The Labute approximate surface area is 108 Å². The molecule has 0 heterocycles. The van der Waals surface area contributed by atoms with Gasteiger partial charge in [-0.25, -0.2) is 0 Å².